The van der Waals surface area contributed by atoms with Crippen molar-refractivity contribution in [3.05, 3.63) is 0 Å². The van der Waals surface area contributed by atoms with Crippen LogP contribution < -0.4 is 5.32 Å². The summed E-state index contributed by atoms with van der Waals surface area (Å²) in [6.45, 7) is 9.09. The third-order valence-electron chi connectivity index (χ3n) is 2.61. The van der Waals surface area contributed by atoms with Gasteiger partial charge in [0.15, 0.2) is 5.78 Å². The molecule has 0 aliphatic carbocycles. The standard InChI is InChI=1S/C14H21NO7/c1-7(15-12(19)22-13(2,3)4)9(16)8-10(17)20-14(5,6)21-11(8)18/h7-8H,1-6H3,(H,15,19). The summed E-state index contributed by atoms with van der Waals surface area (Å²) >= 11 is 0. The Kier molecular flexibility index (Phi) is 4.84. The van der Waals surface area contributed by atoms with Gasteiger partial charge in [-0.05, 0) is 27.7 Å². The zero-order chi connectivity index (χ0) is 17.3. The fourth-order valence-corrected chi connectivity index (χ4v) is 1.76. The van der Waals surface area contributed by atoms with Gasteiger partial charge < -0.3 is 19.5 Å². The fourth-order valence-electron chi connectivity index (χ4n) is 1.76. The summed E-state index contributed by atoms with van der Waals surface area (Å²) in [5, 5.41) is 2.27. The van der Waals surface area contributed by atoms with Gasteiger partial charge in [0.05, 0.1) is 6.04 Å². The number of Topliss-reactive ketones (excluding diaryl/α,β-unsaturated/α-hetero) is 1. The Labute approximate surface area is 128 Å². The molecule has 0 aromatic carbocycles. The van der Waals surface area contributed by atoms with E-state index < -0.39 is 47.2 Å². The lowest BCUT2D eigenvalue weighted by Crippen LogP contribution is -2.53. The van der Waals surface area contributed by atoms with E-state index in [0.717, 1.165) is 0 Å². The first-order valence-electron chi connectivity index (χ1n) is 6.81. The van der Waals surface area contributed by atoms with Gasteiger partial charge in [-0.2, -0.15) is 0 Å². The molecule has 1 heterocycles. The molecule has 124 valence electrons. The summed E-state index contributed by atoms with van der Waals surface area (Å²) in [5.41, 5.74) is -0.737. The number of alkyl carbamates (subject to hydrolysis) is 1. The van der Waals surface area contributed by atoms with Gasteiger partial charge in [-0.3, -0.25) is 14.4 Å². The number of carbonyl (C=O) groups is 4. The Hall–Kier alpha value is -2.12. The number of carbonyl (C=O) groups excluding carboxylic acids is 4. The highest BCUT2D eigenvalue weighted by Crippen LogP contribution is 2.24. The minimum absolute atomic E-state index is 0.737. The minimum atomic E-state index is -1.71. The number of ether oxygens (including phenoxy) is 3. The van der Waals surface area contributed by atoms with Crippen LogP contribution in [0.4, 0.5) is 4.79 Å². The highest BCUT2D eigenvalue weighted by atomic mass is 16.7. The lowest BCUT2D eigenvalue weighted by Gasteiger charge is -2.33. The van der Waals surface area contributed by atoms with Gasteiger partial charge in [-0.25, -0.2) is 4.79 Å². The van der Waals surface area contributed by atoms with Gasteiger partial charge in [-0.1, -0.05) is 0 Å². The number of rotatable bonds is 3. The molecule has 8 nitrogen and oxygen atoms in total. The second-order valence-electron chi connectivity index (χ2n) is 6.45. The molecule has 1 atom stereocenters. The van der Waals surface area contributed by atoms with Gasteiger partial charge in [-0.15, -0.1) is 0 Å². The molecule has 8 heteroatoms. The third kappa shape index (κ3) is 4.71. The van der Waals surface area contributed by atoms with Crippen molar-refractivity contribution in [1.82, 2.24) is 5.32 Å². The molecule has 0 saturated carbocycles. The molecule has 1 fully saturated rings. The summed E-state index contributed by atoms with van der Waals surface area (Å²) in [6, 6.07) is -1.11. The van der Waals surface area contributed by atoms with E-state index >= 15 is 0 Å². The fraction of sp³-hybridized carbons (Fsp3) is 0.714. The molecule has 0 aromatic rings. The second-order valence-corrected chi connectivity index (χ2v) is 6.45. The van der Waals surface area contributed by atoms with Crippen LogP contribution >= 0.6 is 0 Å². The van der Waals surface area contributed by atoms with Crippen molar-refractivity contribution in [3.8, 4) is 0 Å². The smallest absolute Gasteiger partial charge is 0.408 e. The summed E-state index contributed by atoms with van der Waals surface area (Å²) in [6.07, 6.45) is -0.828. The van der Waals surface area contributed by atoms with Crippen LogP contribution in [-0.4, -0.2) is 41.2 Å². The first-order valence-corrected chi connectivity index (χ1v) is 6.81. The van der Waals surface area contributed by atoms with E-state index in [4.69, 9.17) is 14.2 Å². The zero-order valence-corrected chi connectivity index (χ0v) is 13.5. The van der Waals surface area contributed by atoms with E-state index in [-0.39, 0.29) is 0 Å². The maximum atomic E-state index is 12.2. The summed E-state index contributed by atoms with van der Waals surface area (Å²) in [5.74, 6) is -5.94. The molecule has 1 unspecified atom stereocenters. The van der Waals surface area contributed by atoms with Crippen LogP contribution in [0.15, 0.2) is 0 Å². The molecule has 1 N–H and O–H groups in total. The molecule has 1 aliphatic rings. The molecule has 1 saturated heterocycles. The number of ketones is 1. The second kappa shape index (κ2) is 5.94. The number of hydrogen-bond donors (Lipinski definition) is 1. The van der Waals surface area contributed by atoms with Crippen molar-refractivity contribution in [2.24, 2.45) is 5.92 Å². The number of cyclic esters (lactones) is 2. The Bertz CT molecular complexity index is 484. The third-order valence-corrected chi connectivity index (χ3v) is 2.61. The Balaban J connectivity index is 2.73. The van der Waals surface area contributed by atoms with Crippen LogP contribution in [0.25, 0.3) is 0 Å². The highest BCUT2D eigenvalue weighted by Gasteiger charge is 2.48. The Morgan fingerprint density at radius 3 is 2.05 bits per heavy atom. The Morgan fingerprint density at radius 2 is 1.64 bits per heavy atom. The van der Waals surface area contributed by atoms with Crippen LogP contribution in [0.1, 0.15) is 41.5 Å². The van der Waals surface area contributed by atoms with E-state index in [1.807, 2.05) is 0 Å². The van der Waals surface area contributed by atoms with Crippen LogP contribution in [0, 0.1) is 5.92 Å². The lowest BCUT2D eigenvalue weighted by atomic mass is 9.98. The Morgan fingerprint density at radius 1 is 1.18 bits per heavy atom. The van der Waals surface area contributed by atoms with Crippen molar-refractivity contribution in [2.45, 2.75) is 59.0 Å². The van der Waals surface area contributed by atoms with Crippen molar-refractivity contribution in [3.63, 3.8) is 0 Å². The SMILES string of the molecule is CC(NC(=O)OC(C)(C)C)C(=O)C1C(=O)OC(C)(C)OC1=O. The first kappa shape index (κ1) is 17.9. The molecule has 0 aromatic heterocycles. The zero-order valence-electron chi connectivity index (χ0n) is 13.5. The first-order chi connectivity index (χ1) is 9.82. The van der Waals surface area contributed by atoms with Crippen LogP contribution in [0.2, 0.25) is 0 Å². The maximum Gasteiger partial charge on any atom is 0.408 e. The van der Waals surface area contributed by atoms with Crippen molar-refractivity contribution >= 4 is 23.8 Å². The maximum absolute atomic E-state index is 12.2. The minimum Gasteiger partial charge on any atom is -0.444 e. The molecule has 0 radical (unpaired) electrons. The lowest BCUT2D eigenvalue weighted by molar-refractivity contribution is -0.238. The van der Waals surface area contributed by atoms with Gasteiger partial charge >= 0.3 is 18.0 Å². The number of hydrogen-bond acceptors (Lipinski definition) is 7. The number of amides is 1. The summed E-state index contributed by atoms with van der Waals surface area (Å²) in [4.78, 5) is 47.3. The van der Waals surface area contributed by atoms with Gasteiger partial charge in [0, 0.05) is 13.8 Å². The molecule has 22 heavy (non-hydrogen) atoms. The van der Waals surface area contributed by atoms with Gasteiger partial charge in [0.25, 0.3) is 5.79 Å². The summed E-state index contributed by atoms with van der Waals surface area (Å²) < 4.78 is 14.7. The van der Waals surface area contributed by atoms with E-state index in [1.165, 1.54) is 20.8 Å². The average molecular weight is 315 g/mol. The molecule has 1 aliphatic heterocycles. The van der Waals surface area contributed by atoms with Crippen LogP contribution in [-0.2, 0) is 28.6 Å². The molecular weight excluding hydrogens is 294 g/mol. The predicted molar refractivity (Wildman–Crippen MR) is 73.6 cm³/mol. The largest absolute Gasteiger partial charge is 0.444 e. The number of nitrogens with one attached hydrogen (secondary N) is 1. The van der Waals surface area contributed by atoms with Gasteiger partial charge in [0.1, 0.15) is 5.60 Å². The average Bonchev–Trinajstić information content (AvgIpc) is 2.22. The van der Waals surface area contributed by atoms with Crippen molar-refractivity contribution in [1.29, 1.82) is 0 Å². The van der Waals surface area contributed by atoms with E-state index in [2.05, 4.69) is 5.32 Å². The normalized spacial score (nSPS) is 19.7. The van der Waals surface area contributed by atoms with Crippen molar-refractivity contribution < 1.29 is 33.4 Å². The van der Waals surface area contributed by atoms with Crippen LogP contribution in [0.5, 0.6) is 0 Å². The van der Waals surface area contributed by atoms with Gasteiger partial charge in [0.2, 0.25) is 5.92 Å². The van der Waals surface area contributed by atoms with Crippen molar-refractivity contribution in [2.75, 3.05) is 0 Å². The highest BCUT2D eigenvalue weighted by molar-refractivity contribution is 6.17. The molecule has 0 bridgehead atoms. The van der Waals surface area contributed by atoms with E-state index in [9.17, 15) is 19.2 Å². The molecule has 1 amide bonds. The summed E-state index contributed by atoms with van der Waals surface area (Å²) in [7, 11) is 0. The van der Waals surface area contributed by atoms with E-state index in [1.54, 1.807) is 20.8 Å². The van der Waals surface area contributed by atoms with Crippen LogP contribution in [0.3, 0.4) is 0 Å². The molecule has 1 rings (SSSR count). The molecule has 0 spiro atoms. The van der Waals surface area contributed by atoms with E-state index in [0.29, 0.717) is 0 Å². The monoisotopic (exact) mass is 315 g/mol. The topological polar surface area (TPSA) is 108 Å². The predicted octanol–water partition coefficient (Wildman–Crippen LogP) is 0.921. The molecular formula is C14H21NO7. The number of esters is 2. The quantitative estimate of drug-likeness (QED) is 0.609.